The van der Waals surface area contributed by atoms with Gasteiger partial charge < -0.3 is 10.1 Å². The van der Waals surface area contributed by atoms with Crippen LogP contribution < -0.4 is 10.1 Å². The number of pyridine rings is 1. The molecule has 0 saturated carbocycles. The van der Waals surface area contributed by atoms with Crippen molar-refractivity contribution >= 4 is 22.3 Å². The third-order valence-corrected chi connectivity index (χ3v) is 2.95. The summed E-state index contributed by atoms with van der Waals surface area (Å²) >= 11 is 0. The van der Waals surface area contributed by atoms with Gasteiger partial charge in [-0.3, -0.25) is 4.68 Å². The highest BCUT2D eigenvalue weighted by molar-refractivity contribution is 5.96. The zero-order chi connectivity index (χ0) is 13.2. The van der Waals surface area contributed by atoms with Crippen molar-refractivity contribution in [2.75, 3.05) is 12.4 Å². The van der Waals surface area contributed by atoms with E-state index in [1.807, 2.05) is 37.5 Å². The van der Waals surface area contributed by atoms with Crippen LogP contribution in [-0.2, 0) is 7.05 Å². The summed E-state index contributed by atoms with van der Waals surface area (Å²) in [7, 11) is 3.55. The number of hydrogen-bond donors (Lipinski definition) is 1. The first kappa shape index (κ1) is 11.5. The van der Waals surface area contributed by atoms with Crippen molar-refractivity contribution in [1.82, 2.24) is 14.8 Å². The molecular weight excluding hydrogens is 240 g/mol. The third-order valence-electron chi connectivity index (χ3n) is 2.95. The van der Waals surface area contributed by atoms with Crippen molar-refractivity contribution in [1.29, 1.82) is 0 Å². The Kier molecular flexibility index (Phi) is 2.79. The number of ether oxygens (including phenoxy) is 1. The van der Waals surface area contributed by atoms with Gasteiger partial charge in [0.2, 0.25) is 0 Å². The third kappa shape index (κ3) is 2.10. The van der Waals surface area contributed by atoms with Crippen molar-refractivity contribution in [3.05, 3.63) is 42.9 Å². The minimum absolute atomic E-state index is 0.796. The number of rotatable bonds is 3. The molecule has 0 fully saturated rings. The van der Waals surface area contributed by atoms with Gasteiger partial charge in [0.05, 0.1) is 19.0 Å². The van der Waals surface area contributed by atoms with E-state index in [1.54, 1.807) is 24.2 Å². The smallest absolute Gasteiger partial charge is 0.138 e. The molecule has 2 heterocycles. The minimum Gasteiger partial charge on any atom is -0.496 e. The van der Waals surface area contributed by atoms with Gasteiger partial charge in [-0.15, -0.1) is 0 Å². The van der Waals surface area contributed by atoms with Gasteiger partial charge in [0.25, 0.3) is 0 Å². The Labute approximate surface area is 110 Å². The molecule has 5 heteroatoms. The standard InChI is InChI=1S/C14H14N4O/c1-18-9-10(8-16-18)17-14-12-4-3-5-13(19-2)11(12)6-7-15-14/h3-9H,1-2H3,(H,15,17). The molecule has 3 rings (SSSR count). The Balaban J connectivity index is 2.09. The highest BCUT2D eigenvalue weighted by Gasteiger charge is 2.07. The predicted molar refractivity (Wildman–Crippen MR) is 74.8 cm³/mol. The minimum atomic E-state index is 0.796. The van der Waals surface area contributed by atoms with Gasteiger partial charge in [0.1, 0.15) is 11.6 Å². The molecule has 0 radical (unpaired) electrons. The van der Waals surface area contributed by atoms with E-state index in [-0.39, 0.29) is 0 Å². The Bertz CT molecular complexity index is 720. The normalized spacial score (nSPS) is 10.6. The quantitative estimate of drug-likeness (QED) is 0.780. The van der Waals surface area contributed by atoms with Crippen molar-refractivity contribution in [2.45, 2.75) is 0 Å². The van der Waals surface area contributed by atoms with E-state index in [9.17, 15) is 0 Å². The number of fused-ring (bicyclic) bond motifs is 1. The zero-order valence-corrected chi connectivity index (χ0v) is 10.8. The second-order valence-corrected chi connectivity index (χ2v) is 4.24. The van der Waals surface area contributed by atoms with Crippen LogP contribution in [0.3, 0.4) is 0 Å². The maximum Gasteiger partial charge on any atom is 0.138 e. The summed E-state index contributed by atoms with van der Waals surface area (Å²) in [6.07, 6.45) is 5.44. The number of anilines is 2. The van der Waals surface area contributed by atoms with Gasteiger partial charge in [0.15, 0.2) is 0 Å². The maximum absolute atomic E-state index is 5.36. The zero-order valence-electron chi connectivity index (χ0n) is 10.8. The molecule has 1 N–H and O–H groups in total. The number of methoxy groups -OCH3 is 1. The van der Waals surface area contributed by atoms with Gasteiger partial charge >= 0.3 is 0 Å². The van der Waals surface area contributed by atoms with Crippen LogP contribution in [-0.4, -0.2) is 21.9 Å². The van der Waals surface area contributed by atoms with Crippen LogP contribution in [0.1, 0.15) is 0 Å². The van der Waals surface area contributed by atoms with Crippen LogP contribution in [0, 0.1) is 0 Å². The molecule has 5 nitrogen and oxygen atoms in total. The summed E-state index contributed by atoms with van der Waals surface area (Å²) in [5, 5.41) is 9.45. The number of benzene rings is 1. The molecule has 2 aromatic heterocycles. The maximum atomic E-state index is 5.36. The second kappa shape index (κ2) is 4.61. The van der Waals surface area contributed by atoms with Crippen molar-refractivity contribution < 1.29 is 4.74 Å². The van der Waals surface area contributed by atoms with Crippen LogP contribution in [0.2, 0.25) is 0 Å². The first-order valence-corrected chi connectivity index (χ1v) is 5.95. The molecule has 3 aromatic rings. The van der Waals surface area contributed by atoms with E-state index in [2.05, 4.69) is 15.4 Å². The van der Waals surface area contributed by atoms with Gasteiger partial charge in [-0.2, -0.15) is 5.10 Å². The molecule has 0 atom stereocenters. The molecule has 0 bridgehead atoms. The molecule has 0 saturated heterocycles. The lowest BCUT2D eigenvalue weighted by molar-refractivity contribution is 0.420. The summed E-state index contributed by atoms with van der Waals surface area (Å²) in [6, 6.07) is 7.86. The van der Waals surface area contributed by atoms with E-state index in [4.69, 9.17) is 4.74 Å². The van der Waals surface area contributed by atoms with Crippen molar-refractivity contribution in [3.8, 4) is 5.75 Å². The Morgan fingerprint density at radius 1 is 1.21 bits per heavy atom. The fourth-order valence-corrected chi connectivity index (χ4v) is 2.08. The summed E-state index contributed by atoms with van der Waals surface area (Å²) in [6.45, 7) is 0. The molecule has 0 amide bonds. The van der Waals surface area contributed by atoms with Gasteiger partial charge in [-0.1, -0.05) is 12.1 Å². The lowest BCUT2D eigenvalue weighted by atomic mass is 10.1. The second-order valence-electron chi connectivity index (χ2n) is 4.24. The lowest BCUT2D eigenvalue weighted by Crippen LogP contribution is -1.94. The van der Waals surface area contributed by atoms with Crippen LogP contribution in [0.15, 0.2) is 42.9 Å². The largest absolute Gasteiger partial charge is 0.496 e. The Morgan fingerprint density at radius 2 is 2.11 bits per heavy atom. The van der Waals surface area contributed by atoms with Crippen LogP contribution in [0.4, 0.5) is 11.5 Å². The van der Waals surface area contributed by atoms with Gasteiger partial charge in [-0.05, 0) is 12.1 Å². The fraction of sp³-hybridized carbons (Fsp3) is 0.143. The van der Waals surface area contributed by atoms with Crippen LogP contribution in [0.25, 0.3) is 10.8 Å². The number of nitrogens with zero attached hydrogens (tertiary/aromatic N) is 3. The van der Waals surface area contributed by atoms with E-state index in [1.165, 1.54) is 0 Å². The van der Waals surface area contributed by atoms with Gasteiger partial charge in [0, 0.05) is 30.2 Å². The first-order chi connectivity index (χ1) is 9.28. The number of hydrogen-bond acceptors (Lipinski definition) is 4. The molecule has 0 spiro atoms. The van der Waals surface area contributed by atoms with E-state index < -0.39 is 0 Å². The molecule has 19 heavy (non-hydrogen) atoms. The predicted octanol–water partition coefficient (Wildman–Crippen LogP) is 2.72. The fourth-order valence-electron chi connectivity index (χ4n) is 2.08. The van der Waals surface area contributed by atoms with Crippen molar-refractivity contribution in [2.24, 2.45) is 7.05 Å². The summed E-state index contributed by atoms with van der Waals surface area (Å²) in [5.74, 6) is 1.64. The average molecular weight is 254 g/mol. The number of nitrogens with one attached hydrogen (secondary N) is 1. The summed E-state index contributed by atoms with van der Waals surface area (Å²) in [4.78, 5) is 4.38. The van der Waals surface area contributed by atoms with Gasteiger partial charge in [-0.25, -0.2) is 4.98 Å². The van der Waals surface area contributed by atoms with Crippen LogP contribution in [0.5, 0.6) is 5.75 Å². The first-order valence-electron chi connectivity index (χ1n) is 5.95. The molecular formula is C14H14N4O. The van der Waals surface area contributed by atoms with E-state index in [0.29, 0.717) is 0 Å². The summed E-state index contributed by atoms with van der Waals surface area (Å²) in [5.41, 5.74) is 0.908. The summed E-state index contributed by atoms with van der Waals surface area (Å²) < 4.78 is 7.11. The number of aromatic nitrogens is 3. The van der Waals surface area contributed by atoms with E-state index in [0.717, 1.165) is 28.0 Å². The number of aryl methyl sites for hydroxylation is 1. The average Bonchev–Trinajstić information content (AvgIpc) is 2.84. The van der Waals surface area contributed by atoms with E-state index >= 15 is 0 Å². The molecule has 96 valence electrons. The lowest BCUT2D eigenvalue weighted by Gasteiger charge is -2.09. The Hall–Kier alpha value is -2.56. The Morgan fingerprint density at radius 3 is 2.84 bits per heavy atom. The van der Waals surface area contributed by atoms with Crippen molar-refractivity contribution in [3.63, 3.8) is 0 Å². The topological polar surface area (TPSA) is 52.0 Å². The SMILES string of the molecule is COc1cccc2c(Nc3cnn(C)c3)nccc12. The highest BCUT2D eigenvalue weighted by atomic mass is 16.5. The molecule has 1 aromatic carbocycles. The monoisotopic (exact) mass is 254 g/mol. The molecule has 0 aliphatic carbocycles. The molecule has 0 aliphatic heterocycles. The molecule has 0 unspecified atom stereocenters. The highest BCUT2D eigenvalue weighted by Crippen LogP contribution is 2.30. The van der Waals surface area contributed by atoms with Crippen LogP contribution >= 0.6 is 0 Å². The molecule has 0 aliphatic rings.